The SMILES string of the molecule is O=C(N[C@@H](Cc1c(O)c(=O)c1=O)C(=O)O)OCc1ccccc1. The first kappa shape index (κ1) is 16.2. The molecule has 2 aromatic carbocycles. The number of hydrogen-bond acceptors (Lipinski definition) is 6. The second-order valence-corrected chi connectivity index (χ2v) is 4.79. The van der Waals surface area contributed by atoms with Crippen LogP contribution in [0.15, 0.2) is 39.9 Å². The van der Waals surface area contributed by atoms with Crippen molar-refractivity contribution >= 4 is 12.1 Å². The standard InChI is InChI=1S/C15H13NO7/c17-11-9(12(18)13(11)19)6-10(14(20)21)16-15(22)23-7-8-4-2-1-3-5-8/h1-5,10,17H,6-7H2,(H,16,22)(H,20,21)/t10-/m0/s1. The highest BCUT2D eigenvalue weighted by Crippen LogP contribution is 2.11. The molecule has 120 valence electrons. The van der Waals surface area contributed by atoms with Gasteiger partial charge in [0.25, 0.3) is 5.43 Å². The largest absolute Gasteiger partial charge is 0.504 e. The quantitative estimate of drug-likeness (QED) is 0.634. The lowest BCUT2D eigenvalue weighted by molar-refractivity contribution is -0.139. The Kier molecular flexibility index (Phi) is 4.75. The van der Waals surface area contributed by atoms with Crippen LogP contribution in [-0.2, 0) is 22.6 Å². The van der Waals surface area contributed by atoms with Crippen LogP contribution in [0.2, 0.25) is 0 Å². The van der Waals surface area contributed by atoms with Crippen LogP contribution >= 0.6 is 0 Å². The van der Waals surface area contributed by atoms with Crippen LogP contribution in [0.5, 0.6) is 5.75 Å². The molecule has 0 bridgehead atoms. The number of aromatic hydroxyl groups is 1. The second kappa shape index (κ2) is 6.73. The highest BCUT2D eigenvalue weighted by Gasteiger charge is 2.28. The van der Waals surface area contributed by atoms with Gasteiger partial charge in [-0.3, -0.25) is 9.59 Å². The lowest BCUT2D eigenvalue weighted by Gasteiger charge is -2.15. The first-order valence-electron chi connectivity index (χ1n) is 6.61. The van der Waals surface area contributed by atoms with Crippen molar-refractivity contribution in [3.05, 3.63) is 61.9 Å². The number of carbonyl (C=O) groups excluding carboxylic acids is 1. The van der Waals surface area contributed by atoms with Crippen LogP contribution in [0.1, 0.15) is 11.1 Å². The minimum absolute atomic E-state index is 0.0512. The van der Waals surface area contributed by atoms with E-state index < -0.39 is 41.1 Å². The first-order valence-corrected chi connectivity index (χ1v) is 6.61. The van der Waals surface area contributed by atoms with E-state index in [-0.39, 0.29) is 12.2 Å². The Balaban J connectivity index is 1.94. The molecule has 0 aliphatic carbocycles. The van der Waals surface area contributed by atoms with Crippen molar-refractivity contribution in [2.45, 2.75) is 19.1 Å². The molecule has 0 radical (unpaired) electrons. The Morgan fingerprint density at radius 1 is 1.13 bits per heavy atom. The number of alkyl carbamates (subject to hydrolysis) is 1. The Labute approximate surface area is 129 Å². The summed E-state index contributed by atoms with van der Waals surface area (Å²) in [6, 6.07) is 7.26. The van der Waals surface area contributed by atoms with Gasteiger partial charge in [-0.25, -0.2) is 9.59 Å². The molecule has 0 saturated carbocycles. The highest BCUT2D eigenvalue weighted by atomic mass is 16.5. The van der Waals surface area contributed by atoms with Gasteiger partial charge in [0.1, 0.15) is 12.6 Å². The maximum Gasteiger partial charge on any atom is 0.408 e. The van der Waals surface area contributed by atoms with E-state index in [4.69, 9.17) is 9.84 Å². The smallest absolute Gasteiger partial charge is 0.408 e. The number of carboxylic acids is 1. The van der Waals surface area contributed by atoms with Crippen molar-refractivity contribution in [2.75, 3.05) is 0 Å². The van der Waals surface area contributed by atoms with Gasteiger partial charge in [-0.2, -0.15) is 0 Å². The monoisotopic (exact) mass is 319 g/mol. The summed E-state index contributed by atoms with van der Waals surface area (Å²) in [4.78, 5) is 44.8. The van der Waals surface area contributed by atoms with E-state index in [0.29, 0.717) is 0 Å². The van der Waals surface area contributed by atoms with E-state index in [2.05, 4.69) is 5.32 Å². The predicted octanol–water partition coefficient (Wildman–Crippen LogP) is -0.0897. The number of benzene rings is 1. The number of nitrogens with one attached hydrogen (secondary N) is 1. The third-order valence-corrected chi connectivity index (χ3v) is 3.19. The molecule has 2 rings (SSSR count). The normalized spacial score (nSPS) is 11.8. The van der Waals surface area contributed by atoms with Gasteiger partial charge in [0.15, 0.2) is 5.75 Å². The third-order valence-electron chi connectivity index (χ3n) is 3.19. The molecule has 0 fully saturated rings. The second-order valence-electron chi connectivity index (χ2n) is 4.79. The Hall–Kier alpha value is -3.16. The van der Waals surface area contributed by atoms with E-state index in [9.17, 15) is 24.3 Å². The molecule has 2 aromatic rings. The van der Waals surface area contributed by atoms with Gasteiger partial charge in [-0.1, -0.05) is 30.3 Å². The van der Waals surface area contributed by atoms with Gasteiger partial charge < -0.3 is 20.3 Å². The third kappa shape index (κ3) is 3.73. The molecule has 1 atom stereocenters. The minimum Gasteiger partial charge on any atom is -0.504 e. The van der Waals surface area contributed by atoms with Crippen LogP contribution in [0, 0.1) is 0 Å². The zero-order valence-corrected chi connectivity index (χ0v) is 11.8. The van der Waals surface area contributed by atoms with Gasteiger partial charge in [-0.15, -0.1) is 0 Å². The molecule has 8 heteroatoms. The summed E-state index contributed by atoms with van der Waals surface area (Å²) in [7, 11) is 0. The molecule has 0 saturated heterocycles. The molecule has 0 aliphatic rings. The van der Waals surface area contributed by atoms with E-state index in [0.717, 1.165) is 5.56 Å². The lowest BCUT2D eigenvalue weighted by atomic mass is 10.0. The molecule has 0 spiro atoms. The summed E-state index contributed by atoms with van der Waals surface area (Å²) in [5, 5.41) is 20.4. The topological polar surface area (TPSA) is 130 Å². The van der Waals surface area contributed by atoms with Gasteiger partial charge in [0.2, 0.25) is 5.43 Å². The summed E-state index contributed by atoms with van der Waals surface area (Å²) in [6.07, 6.45) is -1.48. The number of carbonyl (C=O) groups is 2. The number of rotatable bonds is 6. The van der Waals surface area contributed by atoms with Gasteiger partial charge in [-0.05, 0) is 5.56 Å². The number of aliphatic carboxylic acids is 1. The van der Waals surface area contributed by atoms with Crippen molar-refractivity contribution in [3.63, 3.8) is 0 Å². The maximum absolute atomic E-state index is 11.6. The van der Waals surface area contributed by atoms with Crippen molar-refractivity contribution < 1.29 is 24.5 Å². The van der Waals surface area contributed by atoms with Gasteiger partial charge in [0.05, 0.1) is 5.56 Å². The molecule has 0 unspecified atom stereocenters. The number of carboxylic acid groups (broad SMARTS) is 1. The predicted molar refractivity (Wildman–Crippen MR) is 77.9 cm³/mol. The van der Waals surface area contributed by atoms with Crippen LogP contribution in [0.25, 0.3) is 0 Å². The van der Waals surface area contributed by atoms with Crippen LogP contribution in [0.3, 0.4) is 0 Å². The van der Waals surface area contributed by atoms with Gasteiger partial charge >= 0.3 is 12.1 Å². The van der Waals surface area contributed by atoms with Crippen LogP contribution in [-0.4, -0.2) is 28.3 Å². The molecule has 0 aromatic heterocycles. The summed E-state index contributed by atoms with van der Waals surface area (Å²) >= 11 is 0. The fraction of sp³-hybridized carbons (Fsp3) is 0.200. The average molecular weight is 319 g/mol. The Bertz CT molecular complexity index is 790. The molecule has 0 heterocycles. The molecule has 8 nitrogen and oxygen atoms in total. The summed E-state index contributed by atoms with van der Waals surface area (Å²) in [5.74, 6) is -2.19. The number of hydrogen-bond donors (Lipinski definition) is 3. The molecule has 23 heavy (non-hydrogen) atoms. The summed E-state index contributed by atoms with van der Waals surface area (Å²) in [6.45, 7) is -0.0512. The molecule has 0 aliphatic heterocycles. The highest BCUT2D eigenvalue weighted by molar-refractivity contribution is 5.80. The fourth-order valence-electron chi connectivity index (χ4n) is 1.93. The molecular weight excluding hydrogens is 306 g/mol. The van der Waals surface area contributed by atoms with Crippen molar-refractivity contribution in [1.29, 1.82) is 0 Å². The molecular formula is C15H13NO7. The van der Waals surface area contributed by atoms with Crippen LogP contribution in [0.4, 0.5) is 4.79 Å². The zero-order valence-electron chi connectivity index (χ0n) is 11.8. The molecule has 1 amide bonds. The minimum atomic E-state index is -1.49. The number of amides is 1. The summed E-state index contributed by atoms with van der Waals surface area (Å²) < 4.78 is 4.87. The van der Waals surface area contributed by atoms with E-state index in [1.54, 1.807) is 30.3 Å². The zero-order chi connectivity index (χ0) is 17.0. The van der Waals surface area contributed by atoms with Crippen molar-refractivity contribution in [1.82, 2.24) is 5.32 Å². The Morgan fingerprint density at radius 3 is 2.35 bits per heavy atom. The van der Waals surface area contributed by atoms with E-state index in [1.165, 1.54) is 0 Å². The van der Waals surface area contributed by atoms with Gasteiger partial charge in [0, 0.05) is 6.42 Å². The fourth-order valence-corrected chi connectivity index (χ4v) is 1.93. The van der Waals surface area contributed by atoms with Crippen LogP contribution < -0.4 is 16.2 Å². The number of ether oxygens (including phenoxy) is 1. The maximum atomic E-state index is 11.6. The Morgan fingerprint density at radius 2 is 1.78 bits per heavy atom. The lowest BCUT2D eigenvalue weighted by Crippen LogP contribution is -2.46. The van der Waals surface area contributed by atoms with Crippen molar-refractivity contribution in [3.8, 4) is 5.75 Å². The van der Waals surface area contributed by atoms with E-state index >= 15 is 0 Å². The average Bonchev–Trinajstić information content (AvgIpc) is 2.56. The summed E-state index contributed by atoms with van der Waals surface area (Å²) in [5.41, 5.74) is -1.61. The first-order chi connectivity index (χ1) is 10.9. The van der Waals surface area contributed by atoms with E-state index in [1.807, 2.05) is 0 Å². The van der Waals surface area contributed by atoms with Crippen molar-refractivity contribution in [2.24, 2.45) is 0 Å². The molecule has 3 N–H and O–H groups in total.